The number of hydrogen-bond donors (Lipinski definition) is 0. The van der Waals surface area contributed by atoms with Crippen molar-refractivity contribution in [2.45, 2.75) is 45.7 Å². The number of rotatable bonds is 5. The zero-order valence-electron chi connectivity index (χ0n) is 11.3. The standard InChI is InChI=1S/C14H21BrN2O/c1-4-7-17-9-12(15)8-13(17)14(18)16(3)10(2)11-5-6-11/h8-11H,4-7H2,1-3H3. The summed E-state index contributed by atoms with van der Waals surface area (Å²) in [6, 6.07) is 2.27. The molecule has 0 bridgehead atoms. The average Bonchev–Trinajstić information content (AvgIpc) is 3.12. The molecule has 0 aliphatic heterocycles. The van der Waals surface area contributed by atoms with E-state index in [1.54, 1.807) is 0 Å². The highest BCUT2D eigenvalue weighted by molar-refractivity contribution is 9.10. The van der Waals surface area contributed by atoms with Gasteiger partial charge in [-0.3, -0.25) is 4.79 Å². The van der Waals surface area contributed by atoms with Gasteiger partial charge in [0.2, 0.25) is 0 Å². The Hall–Kier alpha value is -0.770. The molecule has 1 aliphatic rings. The normalized spacial score (nSPS) is 16.7. The van der Waals surface area contributed by atoms with E-state index in [0.29, 0.717) is 12.0 Å². The first-order valence-electron chi connectivity index (χ1n) is 6.67. The molecule has 0 N–H and O–H groups in total. The van der Waals surface area contributed by atoms with Crippen molar-refractivity contribution in [1.82, 2.24) is 9.47 Å². The van der Waals surface area contributed by atoms with Crippen LogP contribution in [-0.2, 0) is 6.54 Å². The number of nitrogens with zero attached hydrogens (tertiary/aromatic N) is 2. The first-order chi connectivity index (χ1) is 8.54. The van der Waals surface area contributed by atoms with Crippen LogP contribution >= 0.6 is 15.9 Å². The van der Waals surface area contributed by atoms with Gasteiger partial charge < -0.3 is 9.47 Å². The molecule has 0 spiro atoms. The van der Waals surface area contributed by atoms with Crippen LogP contribution in [0.25, 0.3) is 0 Å². The van der Waals surface area contributed by atoms with E-state index in [9.17, 15) is 4.79 Å². The summed E-state index contributed by atoms with van der Waals surface area (Å²) in [5.41, 5.74) is 0.790. The molecule has 0 radical (unpaired) electrons. The Balaban J connectivity index is 2.16. The summed E-state index contributed by atoms with van der Waals surface area (Å²) in [5.74, 6) is 0.838. The maximum atomic E-state index is 12.5. The molecule has 18 heavy (non-hydrogen) atoms. The van der Waals surface area contributed by atoms with Crippen LogP contribution < -0.4 is 0 Å². The molecule has 1 aromatic heterocycles. The summed E-state index contributed by atoms with van der Waals surface area (Å²) in [4.78, 5) is 14.4. The quantitative estimate of drug-likeness (QED) is 0.816. The van der Waals surface area contributed by atoms with E-state index >= 15 is 0 Å². The van der Waals surface area contributed by atoms with Gasteiger partial charge in [-0.1, -0.05) is 6.92 Å². The molecule has 1 unspecified atom stereocenters. The predicted octanol–water partition coefficient (Wildman–Crippen LogP) is 3.53. The molecule has 1 heterocycles. The molecular formula is C14H21BrN2O. The van der Waals surface area contributed by atoms with Crippen LogP contribution in [0.3, 0.4) is 0 Å². The van der Waals surface area contributed by atoms with Crippen molar-refractivity contribution in [3.63, 3.8) is 0 Å². The van der Waals surface area contributed by atoms with Crippen LogP contribution in [-0.4, -0.2) is 28.5 Å². The summed E-state index contributed by atoms with van der Waals surface area (Å²) < 4.78 is 3.02. The van der Waals surface area contributed by atoms with E-state index in [0.717, 1.165) is 23.1 Å². The first kappa shape index (κ1) is 13.7. The van der Waals surface area contributed by atoms with Crippen molar-refractivity contribution in [1.29, 1.82) is 0 Å². The third-order valence-corrected chi connectivity index (χ3v) is 4.22. The van der Waals surface area contributed by atoms with Gasteiger partial charge in [-0.15, -0.1) is 0 Å². The Labute approximate surface area is 117 Å². The molecule has 1 saturated carbocycles. The third-order valence-electron chi connectivity index (χ3n) is 3.78. The number of carbonyl (C=O) groups is 1. The molecule has 0 saturated heterocycles. The van der Waals surface area contributed by atoms with Gasteiger partial charge in [0.05, 0.1) is 0 Å². The van der Waals surface area contributed by atoms with Gasteiger partial charge in [0.25, 0.3) is 5.91 Å². The largest absolute Gasteiger partial charge is 0.342 e. The second-order valence-electron chi connectivity index (χ2n) is 5.23. The van der Waals surface area contributed by atoms with Crippen molar-refractivity contribution < 1.29 is 4.79 Å². The Morgan fingerprint density at radius 3 is 2.83 bits per heavy atom. The van der Waals surface area contributed by atoms with Crippen LogP contribution in [0.2, 0.25) is 0 Å². The smallest absolute Gasteiger partial charge is 0.270 e. The lowest BCUT2D eigenvalue weighted by Gasteiger charge is -2.25. The van der Waals surface area contributed by atoms with E-state index in [1.807, 2.05) is 28.8 Å². The Morgan fingerprint density at radius 1 is 1.61 bits per heavy atom. The molecule has 2 rings (SSSR count). The van der Waals surface area contributed by atoms with Crippen molar-refractivity contribution in [2.75, 3.05) is 7.05 Å². The molecular weight excluding hydrogens is 292 g/mol. The van der Waals surface area contributed by atoms with E-state index in [2.05, 4.69) is 29.8 Å². The summed E-state index contributed by atoms with van der Waals surface area (Å²) in [7, 11) is 1.92. The van der Waals surface area contributed by atoms with Crippen molar-refractivity contribution in [3.8, 4) is 0 Å². The average molecular weight is 313 g/mol. The van der Waals surface area contributed by atoms with Gasteiger partial charge in [0.1, 0.15) is 5.69 Å². The minimum Gasteiger partial charge on any atom is -0.342 e. The highest BCUT2D eigenvalue weighted by Gasteiger charge is 2.33. The number of aryl methyl sites for hydroxylation is 1. The monoisotopic (exact) mass is 312 g/mol. The Bertz CT molecular complexity index is 437. The number of hydrogen-bond acceptors (Lipinski definition) is 1. The minimum atomic E-state index is 0.133. The van der Waals surface area contributed by atoms with Crippen LogP contribution in [0.15, 0.2) is 16.7 Å². The van der Waals surface area contributed by atoms with E-state index in [-0.39, 0.29) is 5.91 Å². The van der Waals surface area contributed by atoms with Gasteiger partial charge in [-0.25, -0.2) is 0 Å². The maximum absolute atomic E-state index is 12.5. The van der Waals surface area contributed by atoms with E-state index in [1.165, 1.54) is 12.8 Å². The number of carbonyl (C=O) groups excluding carboxylic acids is 1. The molecule has 1 fully saturated rings. The maximum Gasteiger partial charge on any atom is 0.270 e. The zero-order chi connectivity index (χ0) is 13.3. The third kappa shape index (κ3) is 2.79. The summed E-state index contributed by atoms with van der Waals surface area (Å²) in [6.45, 7) is 5.16. The molecule has 1 aromatic rings. The van der Waals surface area contributed by atoms with Gasteiger partial charge in [0.15, 0.2) is 0 Å². The van der Waals surface area contributed by atoms with Crippen LogP contribution in [0.1, 0.15) is 43.6 Å². The lowest BCUT2D eigenvalue weighted by molar-refractivity contribution is 0.0716. The van der Waals surface area contributed by atoms with Crippen LogP contribution in [0.4, 0.5) is 0 Å². The second kappa shape index (κ2) is 5.47. The highest BCUT2D eigenvalue weighted by atomic mass is 79.9. The Kier molecular flexibility index (Phi) is 4.15. The molecule has 0 aromatic carbocycles. The topological polar surface area (TPSA) is 25.2 Å². The second-order valence-corrected chi connectivity index (χ2v) is 6.15. The fourth-order valence-corrected chi connectivity index (χ4v) is 2.80. The van der Waals surface area contributed by atoms with Gasteiger partial charge in [-0.2, -0.15) is 0 Å². The number of halogens is 1. The summed E-state index contributed by atoms with van der Waals surface area (Å²) in [5, 5.41) is 0. The lowest BCUT2D eigenvalue weighted by atomic mass is 10.2. The molecule has 1 atom stereocenters. The van der Waals surface area contributed by atoms with Crippen molar-refractivity contribution in [3.05, 3.63) is 22.4 Å². The molecule has 1 aliphatic carbocycles. The predicted molar refractivity (Wildman–Crippen MR) is 76.7 cm³/mol. The van der Waals surface area contributed by atoms with Gasteiger partial charge in [-0.05, 0) is 54.1 Å². The molecule has 4 heteroatoms. The van der Waals surface area contributed by atoms with Crippen molar-refractivity contribution >= 4 is 21.8 Å². The summed E-state index contributed by atoms with van der Waals surface area (Å²) >= 11 is 3.46. The molecule has 100 valence electrons. The fourth-order valence-electron chi connectivity index (χ4n) is 2.34. The first-order valence-corrected chi connectivity index (χ1v) is 7.46. The fraction of sp³-hybridized carbons (Fsp3) is 0.643. The van der Waals surface area contributed by atoms with Gasteiger partial charge >= 0.3 is 0 Å². The number of aromatic nitrogens is 1. The van der Waals surface area contributed by atoms with E-state index < -0.39 is 0 Å². The van der Waals surface area contributed by atoms with Crippen LogP contribution in [0, 0.1) is 5.92 Å². The van der Waals surface area contributed by atoms with Crippen LogP contribution in [0.5, 0.6) is 0 Å². The van der Waals surface area contributed by atoms with Crippen molar-refractivity contribution in [2.24, 2.45) is 5.92 Å². The SMILES string of the molecule is CCCn1cc(Br)cc1C(=O)N(C)C(C)C1CC1. The lowest BCUT2D eigenvalue weighted by Crippen LogP contribution is -2.37. The molecule has 1 amide bonds. The van der Waals surface area contributed by atoms with E-state index in [4.69, 9.17) is 0 Å². The zero-order valence-corrected chi connectivity index (χ0v) is 12.9. The minimum absolute atomic E-state index is 0.133. The van der Waals surface area contributed by atoms with Gasteiger partial charge in [0, 0.05) is 30.3 Å². The Morgan fingerprint density at radius 2 is 2.28 bits per heavy atom. The summed E-state index contributed by atoms with van der Waals surface area (Å²) in [6.07, 6.45) is 5.55. The highest BCUT2D eigenvalue weighted by Crippen LogP contribution is 2.35. The molecule has 3 nitrogen and oxygen atoms in total. The number of amides is 1.